The summed E-state index contributed by atoms with van der Waals surface area (Å²) in [6.07, 6.45) is 0. The number of halogens is 2. The molecule has 0 aliphatic carbocycles. The van der Waals surface area contributed by atoms with Gasteiger partial charge in [0.15, 0.2) is 0 Å². The van der Waals surface area contributed by atoms with Gasteiger partial charge in [0.25, 0.3) is 0 Å². The van der Waals surface area contributed by atoms with Gasteiger partial charge in [-0.2, -0.15) is 8.78 Å². The molecule has 2 aromatic rings. The molecule has 0 aliphatic rings. The van der Waals surface area contributed by atoms with Crippen LogP contribution in [0.2, 0.25) is 0 Å². The van der Waals surface area contributed by atoms with Crippen LogP contribution in [-0.2, 0) is 0 Å². The molecule has 2 aromatic carbocycles. The molecule has 19 heavy (non-hydrogen) atoms. The van der Waals surface area contributed by atoms with Crippen molar-refractivity contribution in [2.24, 2.45) is 5.84 Å². The number of alkyl halides is 2. The fraction of sp³-hybridized carbons (Fsp3) is 0.143. The monoisotopic (exact) mass is 264 g/mol. The Morgan fingerprint density at radius 3 is 2.00 bits per heavy atom. The number of nitrogens with two attached hydrogens (primary N) is 1. The van der Waals surface area contributed by atoms with Crippen LogP contribution in [0.4, 0.5) is 8.78 Å². The fourth-order valence-electron chi connectivity index (χ4n) is 1.87. The summed E-state index contributed by atoms with van der Waals surface area (Å²) in [5.74, 6) is 5.68. The third kappa shape index (κ3) is 3.49. The van der Waals surface area contributed by atoms with Crippen LogP contribution in [0.5, 0.6) is 5.75 Å². The Labute approximate surface area is 110 Å². The first-order valence-corrected chi connectivity index (χ1v) is 5.76. The zero-order valence-corrected chi connectivity index (χ0v) is 10.1. The second-order valence-electron chi connectivity index (χ2n) is 3.96. The maximum Gasteiger partial charge on any atom is 0.387 e. The minimum atomic E-state index is -2.82. The van der Waals surface area contributed by atoms with E-state index in [1.165, 1.54) is 12.1 Å². The molecule has 3 N–H and O–H groups in total. The number of rotatable bonds is 5. The largest absolute Gasteiger partial charge is 0.435 e. The smallest absolute Gasteiger partial charge is 0.387 e. The highest BCUT2D eigenvalue weighted by Crippen LogP contribution is 2.23. The Bertz CT molecular complexity index is 503. The number of hydrogen-bond acceptors (Lipinski definition) is 3. The third-order valence-corrected chi connectivity index (χ3v) is 2.74. The first kappa shape index (κ1) is 13.5. The maximum absolute atomic E-state index is 12.1. The van der Waals surface area contributed by atoms with Crippen molar-refractivity contribution in [2.45, 2.75) is 12.7 Å². The Balaban J connectivity index is 2.20. The molecule has 5 heteroatoms. The van der Waals surface area contributed by atoms with Crippen LogP contribution in [-0.4, -0.2) is 6.61 Å². The Kier molecular flexibility index (Phi) is 4.43. The van der Waals surface area contributed by atoms with Gasteiger partial charge in [0.05, 0.1) is 6.04 Å². The molecule has 0 heterocycles. The Hall–Kier alpha value is -1.98. The number of nitrogens with one attached hydrogen (secondary N) is 1. The molecule has 2 rings (SSSR count). The van der Waals surface area contributed by atoms with Crippen LogP contribution in [0.25, 0.3) is 0 Å². The lowest BCUT2D eigenvalue weighted by atomic mass is 9.99. The van der Waals surface area contributed by atoms with E-state index in [0.29, 0.717) is 0 Å². The van der Waals surface area contributed by atoms with Crippen molar-refractivity contribution in [1.82, 2.24) is 5.43 Å². The summed E-state index contributed by atoms with van der Waals surface area (Å²) in [6.45, 7) is -2.82. The predicted molar refractivity (Wildman–Crippen MR) is 68.7 cm³/mol. The van der Waals surface area contributed by atoms with Gasteiger partial charge in [-0.1, -0.05) is 42.5 Å². The lowest BCUT2D eigenvalue weighted by Gasteiger charge is -2.17. The van der Waals surface area contributed by atoms with E-state index in [9.17, 15) is 8.78 Å². The zero-order chi connectivity index (χ0) is 13.7. The van der Waals surface area contributed by atoms with Crippen molar-refractivity contribution in [2.75, 3.05) is 0 Å². The summed E-state index contributed by atoms with van der Waals surface area (Å²) < 4.78 is 28.4. The van der Waals surface area contributed by atoms with Crippen LogP contribution in [0.1, 0.15) is 17.2 Å². The minimum absolute atomic E-state index is 0.127. The van der Waals surface area contributed by atoms with E-state index in [1.54, 1.807) is 12.1 Å². The molecular formula is C14H14F2N2O. The molecule has 0 saturated heterocycles. The number of hydrogen-bond donors (Lipinski definition) is 2. The maximum atomic E-state index is 12.1. The highest BCUT2D eigenvalue weighted by molar-refractivity contribution is 5.35. The number of ether oxygens (including phenoxy) is 1. The third-order valence-electron chi connectivity index (χ3n) is 2.74. The van der Waals surface area contributed by atoms with E-state index in [2.05, 4.69) is 10.2 Å². The topological polar surface area (TPSA) is 47.3 Å². The van der Waals surface area contributed by atoms with Gasteiger partial charge >= 0.3 is 6.61 Å². The van der Waals surface area contributed by atoms with Gasteiger partial charge in [-0.25, -0.2) is 5.43 Å². The molecular weight excluding hydrogens is 250 g/mol. The fourth-order valence-corrected chi connectivity index (χ4v) is 1.87. The minimum Gasteiger partial charge on any atom is -0.435 e. The van der Waals surface area contributed by atoms with Crippen molar-refractivity contribution < 1.29 is 13.5 Å². The van der Waals surface area contributed by atoms with Crippen LogP contribution in [0.15, 0.2) is 54.6 Å². The van der Waals surface area contributed by atoms with Gasteiger partial charge in [0.1, 0.15) is 5.75 Å². The van der Waals surface area contributed by atoms with Gasteiger partial charge in [-0.3, -0.25) is 5.84 Å². The highest BCUT2D eigenvalue weighted by atomic mass is 19.3. The highest BCUT2D eigenvalue weighted by Gasteiger charge is 2.12. The summed E-state index contributed by atoms with van der Waals surface area (Å²) in [5, 5.41) is 0. The van der Waals surface area contributed by atoms with Gasteiger partial charge in [0, 0.05) is 0 Å². The van der Waals surface area contributed by atoms with Crippen LogP contribution in [0, 0.1) is 0 Å². The van der Waals surface area contributed by atoms with Crippen LogP contribution < -0.4 is 16.0 Å². The van der Waals surface area contributed by atoms with Crippen molar-refractivity contribution >= 4 is 0 Å². The molecule has 0 spiro atoms. The number of benzene rings is 2. The molecule has 3 nitrogen and oxygen atoms in total. The van der Waals surface area contributed by atoms with E-state index in [-0.39, 0.29) is 11.8 Å². The van der Waals surface area contributed by atoms with E-state index in [0.717, 1.165) is 11.1 Å². The van der Waals surface area contributed by atoms with E-state index >= 15 is 0 Å². The average Bonchev–Trinajstić information content (AvgIpc) is 2.42. The summed E-state index contributed by atoms with van der Waals surface area (Å²) in [4.78, 5) is 0. The molecule has 100 valence electrons. The number of hydrazine groups is 1. The lowest BCUT2D eigenvalue weighted by molar-refractivity contribution is -0.0498. The summed E-state index contributed by atoms with van der Waals surface area (Å²) >= 11 is 0. The Morgan fingerprint density at radius 1 is 0.895 bits per heavy atom. The molecule has 0 radical (unpaired) electrons. The summed E-state index contributed by atoms with van der Waals surface area (Å²) in [7, 11) is 0. The van der Waals surface area contributed by atoms with E-state index < -0.39 is 6.61 Å². The second-order valence-corrected chi connectivity index (χ2v) is 3.96. The molecule has 0 amide bonds. The standard InChI is InChI=1S/C14H14F2N2O/c15-14(16)19-12-8-6-11(7-9-12)13(18-17)10-4-2-1-3-5-10/h1-9,13-14,18H,17H2. The van der Waals surface area contributed by atoms with E-state index in [1.807, 2.05) is 30.3 Å². The normalized spacial score (nSPS) is 12.4. The molecule has 1 atom stereocenters. The lowest BCUT2D eigenvalue weighted by Crippen LogP contribution is -2.28. The van der Waals surface area contributed by atoms with Crippen molar-refractivity contribution in [3.8, 4) is 5.75 Å². The first-order valence-electron chi connectivity index (χ1n) is 5.76. The molecule has 0 bridgehead atoms. The predicted octanol–water partition coefficient (Wildman–Crippen LogP) is 2.84. The first-order chi connectivity index (χ1) is 9.20. The van der Waals surface area contributed by atoms with Crippen LogP contribution >= 0.6 is 0 Å². The SMILES string of the molecule is NNC(c1ccccc1)c1ccc(OC(F)F)cc1. The summed E-state index contributed by atoms with van der Waals surface area (Å²) in [5.41, 5.74) is 4.57. The van der Waals surface area contributed by atoms with Crippen molar-refractivity contribution in [3.05, 3.63) is 65.7 Å². The second kappa shape index (κ2) is 6.26. The van der Waals surface area contributed by atoms with Gasteiger partial charge in [-0.05, 0) is 23.3 Å². The van der Waals surface area contributed by atoms with E-state index in [4.69, 9.17) is 5.84 Å². The van der Waals surface area contributed by atoms with Gasteiger partial charge in [0.2, 0.25) is 0 Å². The van der Waals surface area contributed by atoms with Gasteiger partial charge < -0.3 is 4.74 Å². The quantitative estimate of drug-likeness (QED) is 0.645. The molecule has 0 fully saturated rings. The van der Waals surface area contributed by atoms with Crippen molar-refractivity contribution in [1.29, 1.82) is 0 Å². The Morgan fingerprint density at radius 2 is 1.47 bits per heavy atom. The van der Waals surface area contributed by atoms with Gasteiger partial charge in [-0.15, -0.1) is 0 Å². The zero-order valence-electron chi connectivity index (χ0n) is 10.1. The summed E-state index contributed by atoms with van der Waals surface area (Å²) in [6, 6.07) is 15.8. The van der Waals surface area contributed by atoms with Crippen LogP contribution in [0.3, 0.4) is 0 Å². The molecule has 1 unspecified atom stereocenters. The molecule has 0 aromatic heterocycles. The molecule has 0 saturated carbocycles. The van der Waals surface area contributed by atoms with Crippen molar-refractivity contribution in [3.63, 3.8) is 0 Å². The molecule has 0 aliphatic heterocycles. The average molecular weight is 264 g/mol.